The van der Waals surface area contributed by atoms with E-state index in [0.29, 0.717) is 11.5 Å². The van der Waals surface area contributed by atoms with E-state index in [9.17, 15) is 4.79 Å². The maximum absolute atomic E-state index is 11.5. The first-order valence-corrected chi connectivity index (χ1v) is 11.3. The molecule has 0 unspecified atom stereocenters. The van der Waals surface area contributed by atoms with Crippen molar-refractivity contribution in [3.05, 3.63) is 42.0 Å². The van der Waals surface area contributed by atoms with Crippen molar-refractivity contribution >= 4 is 16.7 Å². The summed E-state index contributed by atoms with van der Waals surface area (Å²) in [6.45, 7) is 9.52. The van der Waals surface area contributed by atoms with Crippen LogP contribution in [-0.2, 0) is 16.1 Å². The van der Waals surface area contributed by atoms with Gasteiger partial charge in [0, 0.05) is 19.6 Å². The maximum Gasteiger partial charge on any atom is 0.311 e. The van der Waals surface area contributed by atoms with E-state index in [0.717, 1.165) is 44.1 Å². The Bertz CT molecular complexity index is 887. The fraction of sp³-hybridized carbons (Fsp3) is 0.577. The van der Waals surface area contributed by atoms with Gasteiger partial charge in [-0.25, -0.2) is 0 Å². The summed E-state index contributed by atoms with van der Waals surface area (Å²) in [5.41, 5.74) is 1.68. The average Bonchev–Trinajstić information content (AvgIpc) is 2.69. The molecule has 1 saturated heterocycles. The van der Waals surface area contributed by atoms with Crippen LogP contribution in [0.4, 0.5) is 0 Å². The minimum Gasteiger partial charge on any atom is -0.490 e. The third kappa shape index (κ3) is 4.80. The van der Waals surface area contributed by atoms with Crippen LogP contribution in [0.5, 0.6) is 5.75 Å². The molecule has 2 aliphatic rings. The van der Waals surface area contributed by atoms with Gasteiger partial charge < -0.3 is 9.47 Å². The predicted octanol–water partition coefficient (Wildman–Crippen LogP) is 5.43. The van der Waals surface area contributed by atoms with E-state index in [1.807, 2.05) is 0 Å². The van der Waals surface area contributed by atoms with E-state index in [2.05, 4.69) is 62.1 Å². The molecule has 4 heteroatoms. The molecule has 1 heterocycles. The Morgan fingerprint density at radius 1 is 1.00 bits per heavy atom. The van der Waals surface area contributed by atoms with E-state index >= 15 is 0 Å². The van der Waals surface area contributed by atoms with Crippen LogP contribution in [0.2, 0.25) is 0 Å². The molecule has 0 spiro atoms. The van der Waals surface area contributed by atoms with Gasteiger partial charge in [-0.3, -0.25) is 9.69 Å². The summed E-state index contributed by atoms with van der Waals surface area (Å²) < 4.78 is 11.2. The molecule has 0 atom stereocenters. The minimum atomic E-state index is -0.0933. The number of carbonyl (C=O) groups excluding carboxylic acids is 1. The van der Waals surface area contributed by atoms with Gasteiger partial charge in [-0.05, 0) is 71.6 Å². The number of fused-ring (bicyclic) bond motifs is 1. The molecule has 0 bridgehead atoms. The van der Waals surface area contributed by atoms with Gasteiger partial charge in [0.05, 0.1) is 19.1 Å². The second-order valence-electron chi connectivity index (χ2n) is 10.2. The number of methoxy groups -OCH3 is 1. The Morgan fingerprint density at radius 3 is 2.33 bits per heavy atom. The van der Waals surface area contributed by atoms with Gasteiger partial charge in [0.1, 0.15) is 5.75 Å². The fourth-order valence-corrected chi connectivity index (χ4v) is 4.96. The number of benzene rings is 2. The highest BCUT2D eigenvalue weighted by atomic mass is 16.5. The van der Waals surface area contributed by atoms with Gasteiger partial charge in [-0.2, -0.15) is 0 Å². The van der Waals surface area contributed by atoms with Crippen molar-refractivity contribution in [1.29, 1.82) is 0 Å². The SMILES string of the molecule is COC(=O)C1CN(Cc2ccc3cc(O[C@H]4CC[C@H](C(C)(C)C)CC4)ccc3c2)C1. The summed E-state index contributed by atoms with van der Waals surface area (Å²) in [5.74, 6) is 1.73. The highest BCUT2D eigenvalue weighted by molar-refractivity contribution is 5.84. The Morgan fingerprint density at radius 2 is 1.67 bits per heavy atom. The van der Waals surface area contributed by atoms with Crippen LogP contribution < -0.4 is 4.74 Å². The largest absolute Gasteiger partial charge is 0.490 e. The zero-order chi connectivity index (χ0) is 21.3. The third-order valence-corrected chi connectivity index (χ3v) is 6.98. The third-order valence-electron chi connectivity index (χ3n) is 6.98. The number of hydrogen-bond donors (Lipinski definition) is 0. The molecule has 0 N–H and O–H groups in total. The Hall–Kier alpha value is -2.07. The molecule has 1 saturated carbocycles. The molecule has 4 rings (SSSR count). The van der Waals surface area contributed by atoms with Crippen LogP contribution in [0.1, 0.15) is 52.0 Å². The number of nitrogens with zero attached hydrogens (tertiary/aromatic N) is 1. The summed E-state index contributed by atoms with van der Waals surface area (Å²) in [7, 11) is 1.46. The Labute approximate surface area is 180 Å². The van der Waals surface area contributed by atoms with Crippen molar-refractivity contribution in [1.82, 2.24) is 4.90 Å². The van der Waals surface area contributed by atoms with Crippen LogP contribution in [0.3, 0.4) is 0 Å². The van der Waals surface area contributed by atoms with Crippen LogP contribution >= 0.6 is 0 Å². The molecule has 1 aliphatic heterocycles. The minimum absolute atomic E-state index is 0.0358. The van der Waals surface area contributed by atoms with E-state index in [1.54, 1.807) is 0 Å². The Balaban J connectivity index is 1.33. The first kappa shape index (κ1) is 21.2. The number of rotatable bonds is 5. The molecule has 2 aromatic carbocycles. The molecule has 2 aromatic rings. The second-order valence-corrected chi connectivity index (χ2v) is 10.2. The van der Waals surface area contributed by atoms with E-state index < -0.39 is 0 Å². The first-order valence-electron chi connectivity index (χ1n) is 11.3. The van der Waals surface area contributed by atoms with Crippen LogP contribution in [-0.4, -0.2) is 37.2 Å². The van der Waals surface area contributed by atoms with E-state index in [1.165, 1.54) is 36.3 Å². The predicted molar refractivity (Wildman–Crippen MR) is 121 cm³/mol. The van der Waals surface area contributed by atoms with Crippen molar-refractivity contribution in [2.24, 2.45) is 17.3 Å². The zero-order valence-electron chi connectivity index (χ0n) is 18.8. The van der Waals surface area contributed by atoms with Crippen LogP contribution in [0, 0.1) is 17.3 Å². The van der Waals surface area contributed by atoms with Crippen molar-refractivity contribution in [3.8, 4) is 5.75 Å². The standard InChI is InChI=1S/C26H35NO3/c1-26(2,3)22-8-11-23(12-9-22)30-24-10-7-19-13-18(5-6-20(19)14-24)15-27-16-21(17-27)25(28)29-4/h5-7,10,13-14,21-23H,8-9,11-12,15-17H2,1-4H3/t22-,23-. The lowest BCUT2D eigenvalue weighted by Crippen LogP contribution is -2.49. The average molecular weight is 410 g/mol. The normalized spacial score (nSPS) is 23.2. The van der Waals surface area contributed by atoms with Crippen molar-refractivity contribution in [2.75, 3.05) is 20.2 Å². The molecule has 1 aliphatic carbocycles. The summed E-state index contributed by atoms with van der Waals surface area (Å²) in [4.78, 5) is 13.8. The molecule has 2 fully saturated rings. The zero-order valence-corrected chi connectivity index (χ0v) is 18.8. The lowest BCUT2D eigenvalue weighted by molar-refractivity contribution is -0.151. The number of carbonyl (C=O) groups is 1. The molecular formula is C26H35NO3. The fourth-order valence-electron chi connectivity index (χ4n) is 4.96. The van der Waals surface area contributed by atoms with Crippen molar-refractivity contribution in [2.45, 2.75) is 59.1 Å². The molecular weight excluding hydrogens is 374 g/mol. The van der Waals surface area contributed by atoms with Gasteiger partial charge in [0.25, 0.3) is 0 Å². The van der Waals surface area contributed by atoms with E-state index in [-0.39, 0.29) is 11.9 Å². The number of ether oxygens (including phenoxy) is 2. The number of likely N-dealkylation sites (tertiary alicyclic amines) is 1. The molecule has 30 heavy (non-hydrogen) atoms. The Kier molecular flexibility index (Phi) is 6.06. The monoisotopic (exact) mass is 409 g/mol. The summed E-state index contributed by atoms with van der Waals surface area (Å²) in [5, 5.41) is 2.46. The first-order chi connectivity index (χ1) is 14.3. The van der Waals surface area contributed by atoms with Gasteiger partial charge >= 0.3 is 5.97 Å². The van der Waals surface area contributed by atoms with Crippen LogP contribution in [0.15, 0.2) is 36.4 Å². The highest BCUT2D eigenvalue weighted by Gasteiger charge is 2.33. The van der Waals surface area contributed by atoms with Gasteiger partial charge in [-0.15, -0.1) is 0 Å². The van der Waals surface area contributed by atoms with Gasteiger partial charge in [-0.1, -0.05) is 39.0 Å². The highest BCUT2D eigenvalue weighted by Crippen LogP contribution is 2.39. The number of hydrogen-bond acceptors (Lipinski definition) is 4. The molecule has 0 aromatic heterocycles. The molecule has 162 valence electrons. The molecule has 0 radical (unpaired) electrons. The quantitative estimate of drug-likeness (QED) is 0.618. The second kappa shape index (κ2) is 8.58. The summed E-state index contributed by atoms with van der Waals surface area (Å²) in [6, 6.07) is 13.1. The maximum atomic E-state index is 11.5. The van der Waals surface area contributed by atoms with E-state index in [4.69, 9.17) is 9.47 Å². The lowest BCUT2D eigenvalue weighted by atomic mass is 9.72. The van der Waals surface area contributed by atoms with Gasteiger partial charge in [0.15, 0.2) is 0 Å². The smallest absolute Gasteiger partial charge is 0.311 e. The van der Waals surface area contributed by atoms with Crippen molar-refractivity contribution < 1.29 is 14.3 Å². The van der Waals surface area contributed by atoms with Gasteiger partial charge in [0.2, 0.25) is 0 Å². The summed E-state index contributed by atoms with van der Waals surface area (Å²) >= 11 is 0. The molecule has 4 nitrogen and oxygen atoms in total. The van der Waals surface area contributed by atoms with Crippen LogP contribution in [0.25, 0.3) is 10.8 Å². The topological polar surface area (TPSA) is 38.8 Å². The number of esters is 1. The van der Waals surface area contributed by atoms with Crippen molar-refractivity contribution in [3.63, 3.8) is 0 Å². The lowest BCUT2D eigenvalue weighted by Gasteiger charge is -2.37. The molecule has 0 amide bonds. The summed E-state index contributed by atoms with van der Waals surface area (Å²) in [6.07, 6.45) is 5.17.